The van der Waals surface area contributed by atoms with Gasteiger partial charge in [0.05, 0.1) is 12.1 Å². The molecule has 172 valence electrons. The van der Waals surface area contributed by atoms with Crippen LogP contribution in [0.25, 0.3) is 5.57 Å². The first kappa shape index (κ1) is 22.7. The van der Waals surface area contributed by atoms with Crippen LogP contribution in [0.5, 0.6) is 0 Å². The summed E-state index contributed by atoms with van der Waals surface area (Å²) in [7, 11) is 0. The summed E-state index contributed by atoms with van der Waals surface area (Å²) in [5.41, 5.74) is 2.73. The second-order valence-electron chi connectivity index (χ2n) is 9.16. The molecular weight excluding hydrogens is 421 g/mol. The van der Waals surface area contributed by atoms with E-state index in [1.807, 2.05) is 4.90 Å². The Hall–Kier alpha value is -3.48. The third-order valence-electron chi connectivity index (χ3n) is 6.08. The molecule has 2 aliphatic heterocycles. The zero-order valence-corrected chi connectivity index (χ0v) is 19.1. The summed E-state index contributed by atoms with van der Waals surface area (Å²) in [6, 6.07) is 12.8. The second-order valence-corrected chi connectivity index (χ2v) is 9.16. The first-order chi connectivity index (χ1) is 15.7. The molecule has 1 fully saturated rings. The fraction of sp³-hybridized carbons (Fsp3) is 0.346. The van der Waals surface area contributed by atoms with Crippen molar-refractivity contribution in [3.63, 3.8) is 0 Å². The Bertz CT molecular complexity index is 1100. The van der Waals surface area contributed by atoms with E-state index in [1.165, 1.54) is 24.0 Å². The van der Waals surface area contributed by atoms with Crippen LogP contribution in [-0.4, -0.2) is 40.6 Å². The van der Waals surface area contributed by atoms with Gasteiger partial charge in [0.1, 0.15) is 11.5 Å². The predicted molar refractivity (Wildman–Crippen MR) is 124 cm³/mol. The lowest BCUT2D eigenvalue weighted by atomic mass is 9.91. The van der Waals surface area contributed by atoms with E-state index in [-0.39, 0.29) is 30.1 Å². The number of hydrogen-bond acceptors (Lipinski definition) is 4. The van der Waals surface area contributed by atoms with E-state index < -0.39 is 0 Å². The topological polar surface area (TPSA) is 69.7 Å². The highest BCUT2D eigenvalue weighted by atomic mass is 19.1. The number of likely N-dealkylation sites (tertiary alicyclic amines) is 1. The lowest BCUT2D eigenvalue weighted by Gasteiger charge is -2.37. The Morgan fingerprint density at radius 2 is 1.58 bits per heavy atom. The van der Waals surface area contributed by atoms with Crippen molar-refractivity contribution in [2.75, 3.05) is 18.4 Å². The number of nitrogens with one attached hydrogen (secondary N) is 1. The van der Waals surface area contributed by atoms with E-state index in [2.05, 4.69) is 19.2 Å². The number of carbonyl (C=O) groups excluding carboxylic acids is 3. The number of rotatable bonds is 5. The van der Waals surface area contributed by atoms with Gasteiger partial charge in [0.2, 0.25) is 5.91 Å². The minimum Gasteiger partial charge on any atom is -0.366 e. The van der Waals surface area contributed by atoms with Crippen LogP contribution in [0, 0.1) is 17.7 Å². The number of nitrogens with zero attached hydrogens (tertiary/aromatic N) is 2. The van der Waals surface area contributed by atoms with Gasteiger partial charge in [0.15, 0.2) is 0 Å². The largest absolute Gasteiger partial charge is 0.366 e. The van der Waals surface area contributed by atoms with Gasteiger partial charge in [0, 0.05) is 25.7 Å². The number of carbonyl (C=O) groups is 3. The van der Waals surface area contributed by atoms with Crippen molar-refractivity contribution in [1.82, 2.24) is 9.80 Å². The molecular formula is C26H28FN3O3. The normalized spacial score (nSPS) is 21.1. The summed E-state index contributed by atoms with van der Waals surface area (Å²) in [6.45, 7) is 7.23. The smallest absolute Gasteiger partial charge is 0.278 e. The van der Waals surface area contributed by atoms with Gasteiger partial charge in [-0.15, -0.1) is 0 Å². The molecule has 2 aromatic carbocycles. The summed E-state index contributed by atoms with van der Waals surface area (Å²) in [4.78, 5) is 41.7. The highest BCUT2D eigenvalue weighted by Gasteiger charge is 2.42. The number of imide groups is 1. The first-order valence-electron chi connectivity index (χ1n) is 11.2. The fourth-order valence-corrected chi connectivity index (χ4v) is 4.80. The SMILES string of the molecule is CC(=O)Nc1ccc(C2=C(N3CC(C)CC(C)C3)C(=O)N(Cc3ccc(F)cc3)C2=O)cc1. The molecule has 0 radical (unpaired) electrons. The molecule has 1 saturated heterocycles. The summed E-state index contributed by atoms with van der Waals surface area (Å²) in [6.07, 6.45) is 1.08. The van der Waals surface area contributed by atoms with Crippen LogP contribution in [-0.2, 0) is 20.9 Å². The van der Waals surface area contributed by atoms with Crippen molar-refractivity contribution in [2.24, 2.45) is 11.8 Å². The summed E-state index contributed by atoms with van der Waals surface area (Å²) < 4.78 is 13.3. The molecule has 0 saturated carbocycles. The van der Waals surface area contributed by atoms with Crippen molar-refractivity contribution in [2.45, 2.75) is 33.7 Å². The van der Waals surface area contributed by atoms with Crippen LogP contribution >= 0.6 is 0 Å². The molecule has 0 spiro atoms. The van der Waals surface area contributed by atoms with Crippen molar-refractivity contribution < 1.29 is 18.8 Å². The molecule has 2 heterocycles. The van der Waals surface area contributed by atoms with E-state index >= 15 is 0 Å². The molecule has 2 atom stereocenters. The molecule has 0 aliphatic carbocycles. The van der Waals surface area contributed by atoms with Gasteiger partial charge in [-0.1, -0.05) is 38.1 Å². The van der Waals surface area contributed by atoms with Crippen molar-refractivity contribution in [1.29, 1.82) is 0 Å². The number of benzene rings is 2. The number of hydrogen-bond donors (Lipinski definition) is 1. The molecule has 0 aromatic heterocycles. The average Bonchev–Trinajstić information content (AvgIpc) is 2.99. The zero-order valence-electron chi connectivity index (χ0n) is 19.1. The number of amides is 3. The van der Waals surface area contributed by atoms with Gasteiger partial charge in [-0.05, 0) is 53.6 Å². The molecule has 33 heavy (non-hydrogen) atoms. The van der Waals surface area contributed by atoms with Crippen molar-refractivity contribution in [3.05, 3.63) is 71.2 Å². The molecule has 2 aliphatic rings. The Morgan fingerprint density at radius 3 is 2.15 bits per heavy atom. The fourth-order valence-electron chi connectivity index (χ4n) is 4.80. The number of anilines is 1. The molecule has 2 aromatic rings. The maximum absolute atomic E-state index is 13.6. The number of halogens is 1. The molecule has 1 N–H and O–H groups in total. The lowest BCUT2D eigenvalue weighted by Crippen LogP contribution is -2.41. The third kappa shape index (κ3) is 4.82. The lowest BCUT2D eigenvalue weighted by molar-refractivity contribution is -0.138. The molecule has 6 nitrogen and oxygen atoms in total. The van der Waals surface area contributed by atoms with Crippen molar-refractivity contribution in [3.8, 4) is 0 Å². The van der Waals surface area contributed by atoms with Crippen LogP contribution in [0.3, 0.4) is 0 Å². The molecule has 3 amide bonds. The van der Waals surface area contributed by atoms with Crippen molar-refractivity contribution >= 4 is 29.0 Å². The maximum atomic E-state index is 13.6. The minimum absolute atomic E-state index is 0.0773. The molecule has 2 unspecified atom stereocenters. The van der Waals surface area contributed by atoms with Gasteiger partial charge in [-0.2, -0.15) is 0 Å². The number of piperidine rings is 1. The van der Waals surface area contributed by atoms with E-state index in [9.17, 15) is 18.8 Å². The monoisotopic (exact) mass is 449 g/mol. The highest BCUT2D eigenvalue weighted by molar-refractivity contribution is 6.35. The first-order valence-corrected chi connectivity index (χ1v) is 11.2. The molecule has 7 heteroatoms. The maximum Gasteiger partial charge on any atom is 0.278 e. The Labute approximate surface area is 193 Å². The predicted octanol–water partition coefficient (Wildman–Crippen LogP) is 4.04. The van der Waals surface area contributed by atoms with Gasteiger partial charge in [0.25, 0.3) is 11.8 Å². The van der Waals surface area contributed by atoms with Gasteiger partial charge in [-0.25, -0.2) is 4.39 Å². The average molecular weight is 450 g/mol. The van der Waals surface area contributed by atoms with E-state index in [0.29, 0.717) is 53.0 Å². The highest BCUT2D eigenvalue weighted by Crippen LogP contribution is 2.36. The molecule has 4 rings (SSSR count). The van der Waals surface area contributed by atoms with Gasteiger partial charge in [-0.3, -0.25) is 19.3 Å². The minimum atomic E-state index is -0.368. The third-order valence-corrected chi connectivity index (χ3v) is 6.08. The summed E-state index contributed by atoms with van der Waals surface area (Å²) in [5.74, 6) is -0.439. The van der Waals surface area contributed by atoms with E-state index in [0.717, 1.165) is 6.42 Å². The van der Waals surface area contributed by atoms with Crippen LogP contribution in [0.2, 0.25) is 0 Å². The van der Waals surface area contributed by atoms with Crippen LogP contribution in [0.4, 0.5) is 10.1 Å². The van der Waals surface area contributed by atoms with Gasteiger partial charge < -0.3 is 10.2 Å². The van der Waals surface area contributed by atoms with E-state index in [1.54, 1.807) is 36.4 Å². The summed E-state index contributed by atoms with van der Waals surface area (Å²) >= 11 is 0. The van der Waals surface area contributed by atoms with Crippen LogP contribution < -0.4 is 5.32 Å². The zero-order chi connectivity index (χ0) is 23.7. The van der Waals surface area contributed by atoms with E-state index in [4.69, 9.17) is 0 Å². The Balaban J connectivity index is 1.72. The molecule has 0 bridgehead atoms. The summed E-state index contributed by atoms with van der Waals surface area (Å²) in [5, 5.41) is 2.72. The standard InChI is InChI=1S/C26H28FN3O3/c1-16-12-17(2)14-29(13-16)24-23(20-6-10-22(11-7-20)28-18(3)31)25(32)30(26(24)33)15-19-4-8-21(27)9-5-19/h4-11,16-17H,12-15H2,1-3H3,(H,28,31). The second kappa shape index (κ2) is 9.17. The van der Waals surface area contributed by atoms with Crippen LogP contribution in [0.1, 0.15) is 38.3 Å². The quantitative estimate of drug-likeness (QED) is 0.700. The van der Waals surface area contributed by atoms with Crippen LogP contribution in [0.15, 0.2) is 54.2 Å². The Morgan fingerprint density at radius 1 is 0.970 bits per heavy atom. The van der Waals surface area contributed by atoms with Gasteiger partial charge >= 0.3 is 0 Å². The Kier molecular flexibility index (Phi) is 6.31.